The van der Waals surface area contributed by atoms with Gasteiger partial charge in [0, 0.05) is 29.6 Å². The number of benzene rings is 1. The summed E-state index contributed by atoms with van der Waals surface area (Å²) in [6.45, 7) is 0. The quantitative estimate of drug-likeness (QED) is 0.301. The number of carbonyl (C=O) groups is 1. The molecule has 0 bridgehead atoms. The van der Waals surface area contributed by atoms with Crippen LogP contribution in [-0.2, 0) is 11.2 Å². The molecule has 5 rings (SSSR count). The first-order chi connectivity index (χ1) is 20.0. The van der Waals surface area contributed by atoms with Gasteiger partial charge in [-0.1, -0.05) is 30.3 Å². The number of thioether (sulfide) groups is 3. The molecule has 11 heteroatoms. The summed E-state index contributed by atoms with van der Waals surface area (Å²) in [7, 11) is 0. The van der Waals surface area contributed by atoms with Gasteiger partial charge in [-0.05, 0) is 73.8 Å². The Morgan fingerprint density at radius 1 is 0.951 bits per heavy atom. The van der Waals surface area contributed by atoms with Crippen molar-refractivity contribution in [2.45, 2.75) is 63.1 Å². The predicted molar refractivity (Wildman–Crippen MR) is 170 cm³/mol. The third-order valence-corrected chi connectivity index (χ3v) is 11.1. The number of hydrogen-bond donors (Lipinski definition) is 1. The van der Waals surface area contributed by atoms with E-state index in [0.29, 0.717) is 31.4 Å². The maximum Gasteiger partial charge on any atom is 0.333 e. The van der Waals surface area contributed by atoms with E-state index in [1.807, 2.05) is 29.6 Å². The molecule has 2 aliphatic rings. The highest BCUT2D eigenvalue weighted by Crippen LogP contribution is 2.30. The summed E-state index contributed by atoms with van der Waals surface area (Å²) in [5.74, 6) is 4.81. The molecule has 0 spiro atoms. The molecule has 0 unspecified atom stereocenters. The molecule has 0 atom stereocenters. The fourth-order valence-electron chi connectivity index (χ4n) is 5.77. The Kier molecular flexibility index (Phi) is 10.9. The predicted octanol–water partition coefficient (Wildman–Crippen LogP) is 5.07. The lowest BCUT2D eigenvalue weighted by Crippen LogP contribution is -2.46. The van der Waals surface area contributed by atoms with Gasteiger partial charge in [-0.15, -0.1) is 0 Å². The van der Waals surface area contributed by atoms with Gasteiger partial charge < -0.3 is 5.32 Å². The number of amides is 1. The second-order valence-electron chi connectivity index (χ2n) is 10.7. The standard InChI is InChI=1S/C30H37FN4O3S3/c31-22-18-26-28(32-19-22)34(25-11-14-39-15-12-25)30(38)35(29(26)37)24-8-6-23(7-9-24)33-27(36)20-41-17-16-40-13-10-21-4-2-1-3-5-21/h1-5,18-19,23-25H,6-17,20H2,(H,33,36)/t23-,24+. The number of nitrogens with one attached hydrogen (secondary N) is 1. The number of aromatic nitrogens is 3. The Hall–Kier alpha value is -2.24. The van der Waals surface area contributed by atoms with Crippen LogP contribution < -0.4 is 16.6 Å². The van der Waals surface area contributed by atoms with Gasteiger partial charge in [0.25, 0.3) is 5.56 Å². The lowest BCUT2D eigenvalue weighted by atomic mass is 9.91. The lowest BCUT2D eigenvalue weighted by molar-refractivity contribution is -0.119. The molecule has 1 amide bonds. The van der Waals surface area contributed by atoms with Crippen molar-refractivity contribution in [3.63, 3.8) is 0 Å². The van der Waals surface area contributed by atoms with Crippen LogP contribution in [0.25, 0.3) is 11.0 Å². The third-order valence-electron chi connectivity index (χ3n) is 7.89. The zero-order valence-corrected chi connectivity index (χ0v) is 25.6. The van der Waals surface area contributed by atoms with Crippen molar-refractivity contribution in [2.24, 2.45) is 0 Å². The van der Waals surface area contributed by atoms with E-state index in [1.165, 1.54) is 16.2 Å². The van der Waals surface area contributed by atoms with Crippen LogP contribution >= 0.6 is 35.3 Å². The molecule has 1 N–H and O–H groups in total. The second-order valence-corrected chi connectivity index (χ2v) is 14.2. The van der Waals surface area contributed by atoms with Crippen molar-refractivity contribution >= 4 is 52.2 Å². The van der Waals surface area contributed by atoms with Crippen molar-refractivity contribution in [2.75, 3.05) is 34.5 Å². The molecule has 1 aliphatic heterocycles. The van der Waals surface area contributed by atoms with E-state index >= 15 is 0 Å². The second kappa shape index (κ2) is 14.8. The molecule has 3 aromatic rings. The number of hydrogen-bond acceptors (Lipinski definition) is 7. The molecule has 1 saturated carbocycles. The zero-order valence-electron chi connectivity index (χ0n) is 23.1. The van der Waals surface area contributed by atoms with Crippen molar-refractivity contribution in [1.29, 1.82) is 0 Å². The van der Waals surface area contributed by atoms with Crippen molar-refractivity contribution in [1.82, 2.24) is 19.4 Å². The fraction of sp³-hybridized carbons (Fsp3) is 0.533. The molecule has 2 fully saturated rings. The van der Waals surface area contributed by atoms with E-state index in [2.05, 4.69) is 34.6 Å². The average Bonchev–Trinajstić information content (AvgIpc) is 2.99. The van der Waals surface area contributed by atoms with Crippen LogP contribution in [0.15, 0.2) is 52.2 Å². The number of pyridine rings is 1. The molecule has 1 saturated heterocycles. The molecule has 7 nitrogen and oxygen atoms in total. The Labute approximate surface area is 252 Å². The Balaban J connectivity index is 1.13. The van der Waals surface area contributed by atoms with Crippen LogP contribution in [0.5, 0.6) is 0 Å². The zero-order chi connectivity index (χ0) is 28.6. The summed E-state index contributed by atoms with van der Waals surface area (Å²) in [5.41, 5.74) is 0.822. The van der Waals surface area contributed by atoms with Crippen LogP contribution in [0.3, 0.4) is 0 Å². The van der Waals surface area contributed by atoms with Crippen LogP contribution in [-0.4, -0.2) is 60.6 Å². The Morgan fingerprint density at radius 3 is 2.41 bits per heavy atom. The van der Waals surface area contributed by atoms with E-state index in [1.54, 1.807) is 16.3 Å². The van der Waals surface area contributed by atoms with Crippen molar-refractivity contribution < 1.29 is 9.18 Å². The van der Waals surface area contributed by atoms with Gasteiger partial charge in [-0.3, -0.25) is 18.7 Å². The van der Waals surface area contributed by atoms with Gasteiger partial charge in [0.15, 0.2) is 0 Å². The number of aryl methyl sites for hydroxylation is 1. The number of halogens is 1. The molecule has 1 aromatic carbocycles. The largest absolute Gasteiger partial charge is 0.353 e. The topological polar surface area (TPSA) is 86.0 Å². The summed E-state index contributed by atoms with van der Waals surface area (Å²) in [6.07, 6.45) is 6.40. The summed E-state index contributed by atoms with van der Waals surface area (Å²) in [6, 6.07) is 11.4. The van der Waals surface area contributed by atoms with E-state index < -0.39 is 11.4 Å². The van der Waals surface area contributed by atoms with E-state index in [4.69, 9.17) is 0 Å². The molecule has 41 heavy (non-hydrogen) atoms. The van der Waals surface area contributed by atoms with Crippen molar-refractivity contribution in [3.05, 3.63) is 74.8 Å². The highest BCUT2D eigenvalue weighted by molar-refractivity contribution is 8.03. The molecule has 1 aliphatic carbocycles. The molecular weight excluding hydrogens is 580 g/mol. The minimum Gasteiger partial charge on any atom is -0.353 e. The first kappa shape index (κ1) is 30.2. The van der Waals surface area contributed by atoms with Gasteiger partial charge in [-0.25, -0.2) is 14.2 Å². The summed E-state index contributed by atoms with van der Waals surface area (Å²) in [5, 5.41) is 3.31. The minimum atomic E-state index is -0.583. The third kappa shape index (κ3) is 7.78. The maximum absolute atomic E-state index is 14.1. The minimum absolute atomic E-state index is 0.0347. The normalized spacial score (nSPS) is 19.8. The SMILES string of the molecule is O=C(CSCCSCCc1ccccc1)N[C@H]1CC[C@@H](n2c(=O)c3cc(F)cnc3n(C3CCSCC3)c2=O)CC1. The number of fused-ring (bicyclic) bond motifs is 1. The first-order valence-electron chi connectivity index (χ1n) is 14.4. The molecule has 0 radical (unpaired) electrons. The Morgan fingerprint density at radius 2 is 1.66 bits per heavy atom. The van der Waals surface area contributed by atoms with Crippen LogP contribution in [0, 0.1) is 5.82 Å². The summed E-state index contributed by atoms with van der Waals surface area (Å²) in [4.78, 5) is 43.9. The number of carbonyl (C=O) groups excluding carboxylic acids is 1. The highest BCUT2D eigenvalue weighted by atomic mass is 32.2. The Bertz CT molecular complexity index is 1430. The first-order valence-corrected chi connectivity index (χ1v) is 17.9. The van der Waals surface area contributed by atoms with Gasteiger partial charge in [0.05, 0.1) is 17.3 Å². The van der Waals surface area contributed by atoms with Gasteiger partial charge in [-0.2, -0.15) is 35.3 Å². The van der Waals surface area contributed by atoms with Crippen LogP contribution in [0.2, 0.25) is 0 Å². The maximum atomic E-state index is 14.1. The van der Waals surface area contributed by atoms with Crippen LogP contribution in [0.1, 0.15) is 56.2 Å². The van der Waals surface area contributed by atoms with Crippen molar-refractivity contribution in [3.8, 4) is 0 Å². The molecule has 3 heterocycles. The van der Waals surface area contributed by atoms with Gasteiger partial charge >= 0.3 is 5.69 Å². The van der Waals surface area contributed by atoms with Gasteiger partial charge in [0.2, 0.25) is 5.91 Å². The molecular formula is C30H37FN4O3S3. The monoisotopic (exact) mass is 616 g/mol. The van der Waals surface area contributed by atoms with E-state index in [-0.39, 0.29) is 40.8 Å². The molecule has 220 valence electrons. The summed E-state index contributed by atoms with van der Waals surface area (Å²) >= 11 is 5.42. The lowest BCUT2D eigenvalue weighted by Gasteiger charge is -2.31. The number of rotatable bonds is 11. The van der Waals surface area contributed by atoms with E-state index in [9.17, 15) is 18.8 Å². The number of nitrogens with zero attached hydrogens (tertiary/aromatic N) is 3. The average molecular weight is 617 g/mol. The molecule has 2 aromatic heterocycles. The summed E-state index contributed by atoms with van der Waals surface area (Å²) < 4.78 is 17.1. The van der Waals surface area contributed by atoms with E-state index in [0.717, 1.165) is 54.2 Å². The highest BCUT2D eigenvalue weighted by Gasteiger charge is 2.29. The fourth-order valence-corrected chi connectivity index (χ4v) is 8.79. The van der Waals surface area contributed by atoms with Crippen LogP contribution in [0.4, 0.5) is 4.39 Å². The van der Waals surface area contributed by atoms with Gasteiger partial charge in [0.1, 0.15) is 11.5 Å². The smallest absolute Gasteiger partial charge is 0.333 e.